The fraction of sp³-hybridized carbons (Fsp3) is 0.474. The molecule has 6 nitrogen and oxygen atoms in total. The average Bonchev–Trinajstić information content (AvgIpc) is 3.01. The number of hydrogen-bond acceptors (Lipinski definition) is 5. The molecule has 1 amide bonds. The number of benzene rings is 1. The Morgan fingerprint density at radius 3 is 2.56 bits per heavy atom. The molecule has 0 atom stereocenters. The molecule has 25 heavy (non-hydrogen) atoms. The van der Waals surface area contributed by atoms with Crippen LogP contribution in [0.25, 0.3) is 0 Å². The van der Waals surface area contributed by atoms with E-state index in [0.717, 1.165) is 44.2 Å². The van der Waals surface area contributed by atoms with E-state index in [-0.39, 0.29) is 5.91 Å². The number of piperazine rings is 1. The van der Waals surface area contributed by atoms with Gasteiger partial charge in [-0.15, -0.1) is 0 Å². The summed E-state index contributed by atoms with van der Waals surface area (Å²) in [6, 6.07) is 10.1. The van der Waals surface area contributed by atoms with Gasteiger partial charge in [-0.25, -0.2) is 0 Å². The quantitative estimate of drug-likeness (QED) is 0.866. The van der Waals surface area contributed by atoms with Crippen molar-refractivity contribution < 1.29 is 9.32 Å². The summed E-state index contributed by atoms with van der Waals surface area (Å²) < 4.78 is 5.27. The third kappa shape index (κ3) is 5.14. The van der Waals surface area contributed by atoms with Gasteiger partial charge in [0, 0.05) is 38.8 Å². The largest absolute Gasteiger partial charge is 0.360 e. The Bertz CT molecular complexity index is 705. The second-order valence-corrected chi connectivity index (χ2v) is 6.69. The van der Waals surface area contributed by atoms with Crippen LogP contribution in [-0.4, -0.2) is 53.6 Å². The Balaban J connectivity index is 1.38. The van der Waals surface area contributed by atoms with Gasteiger partial charge in [-0.1, -0.05) is 29.4 Å². The molecule has 1 aromatic heterocycles. The van der Waals surface area contributed by atoms with Crippen LogP contribution in [0.3, 0.4) is 0 Å². The fourth-order valence-corrected chi connectivity index (χ4v) is 3.08. The molecule has 2 aromatic rings. The van der Waals surface area contributed by atoms with Crippen LogP contribution < -0.4 is 5.32 Å². The van der Waals surface area contributed by atoms with Gasteiger partial charge < -0.3 is 9.84 Å². The Hall–Kier alpha value is -2.18. The number of nitrogens with one attached hydrogen (secondary N) is 1. The zero-order valence-corrected chi connectivity index (χ0v) is 15.0. The van der Waals surface area contributed by atoms with Crippen molar-refractivity contribution in [2.24, 2.45) is 0 Å². The van der Waals surface area contributed by atoms with Gasteiger partial charge >= 0.3 is 0 Å². The number of hydrogen-bond donors (Lipinski definition) is 1. The Morgan fingerprint density at radius 1 is 1.16 bits per heavy atom. The van der Waals surface area contributed by atoms with E-state index in [1.807, 2.05) is 25.1 Å². The van der Waals surface area contributed by atoms with Gasteiger partial charge in [-0.05, 0) is 25.0 Å². The van der Waals surface area contributed by atoms with Crippen LogP contribution in [-0.2, 0) is 17.9 Å². The minimum atomic E-state index is 0.0857. The van der Waals surface area contributed by atoms with Gasteiger partial charge in [-0.2, -0.15) is 0 Å². The van der Waals surface area contributed by atoms with Crippen molar-refractivity contribution >= 4 is 5.91 Å². The first kappa shape index (κ1) is 17.6. The predicted molar refractivity (Wildman–Crippen MR) is 96.0 cm³/mol. The Labute approximate surface area is 148 Å². The maximum Gasteiger partial charge on any atom is 0.234 e. The molecule has 1 N–H and O–H groups in total. The van der Waals surface area contributed by atoms with Gasteiger partial charge in [0.1, 0.15) is 0 Å². The lowest BCUT2D eigenvalue weighted by Crippen LogP contribution is -2.49. The molecule has 0 spiro atoms. The van der Waals surface area contributed by atoms with Crippen molar-refractivity contribution in [2.45, 2.75) is 26.9 Å². The maximum absolute atomic E-state index is 12.2. The summed E-state index contributed by atoms with van der Waals surface area (Å²) >= 11 is 0. The third-order valence-electron chi connectivity index (χ3n) is 4.63. The minimum absolute atomic E-state index is 0.0857. The molecule has 0 bridgehead atoms. The second-order valence-electron chi connectivity index (χ2n) is 6.69. The van der Waals surface area contributed by atoms with E-state index in [2.05, 4.69) is 39.3 Å². The third-order valence-corrected chi connectivity index (χ3v) is 4.63. The van der Waals surface area contributed by atoms with E-state index in [4.69, 9.17) is 4.52 Å². The van der Waals surface area contributed by atoms with Gasteiger partial charge in [0.25, 0.3) is 0 Å². The highest BCUT2D eigenvalue weighted by atomic mass is 16.5. The summed E-state index contributed by atoms with van der Waals surface area (Å²) in [5, 5.41) is 6.95. The highest BCUT2D eigenvalue weighted by Crippen LogP contribution is 2.10. The number of carbonyl (C=O) groups excluding carboxylic acids is 1. The van der Waals surface area contributed by atoms with E-state index in [1.165, 1.54) is 11.1 Å². The summed E-state index contributed by atoms with van der Waals surface area (Å²) in [7, 11) is 0. The molecule has 0 aliphatic carbocycles. The molecule has 1 fully saturated rings. The van der Waals surface area contributed by atoms with E-state index < -0.39 is 0 Å². The van der Waals surface area contributed by atoms with Crippen molar-refractivity contribution in [1.29, 1.82) is 0 Å². The Morgan fingerprint density at radius 2 is 1.88 bits per heavy atom. The fourth-order valence-electron chi connectivity index (χ4n) is 3.08. The standard InChI is InChI=1S/C19H26N4O2/c1-15-5-3-4-6-17(15)12-20-19(24)14-23-9-7-22(8-10-23)13-18-11-16(2)21-25-18/h3-6,11H,7-10,12-14H2,1-2H3,(H,20,24). The predicted octanol–water partition coefficient (Wildman–Crippen LogP) is 1.73. The zero-order chi connectivity index (χ0) is 17.6. The summed E-state index contributed by atoms with van der Waals surface area (Å²) in [5.41, 5.74) is 3.29. The summed E-state index contributed by atoms with van der Waals surface area (Å²) in [4.78, 5) is 16.7. The van der Waals surface area contributed by atoms with Crippen LogP contribution in [0.4, 0.5) is 0 Å². The van der Waals surface area contributed by atoms with E-state index >= 15 is 0 Å². The van der Waals surface area contributed by atoms with Crippen LogP contribution in [0.1, 0.15) is 22.6 Å². The van der Waals surface area contributed by atoms with Crippen LogP contribution in [0.2, 0.25) is 0 Å². The number of rotatable bonds is 6. The lowest BCUT2D eigenvalue weighted by molar-refractivity contribution is -0.122. The number of amides is 1. The van der Waals surface area contributed by atoms with E-state index in [0.29, 0.717) is 13.1 Å². The van der Waals surface area contributed by atoms with Crippen LogP contribution in [0, 0.1) is 13.8 Å². The van der Waals surface area contributed by atoms with Crippen LogP contribution >= 0.6 is 0 Å². The number of carbonyl (C=O) groups is 1. The van der Waals surface area contributed by atoms with E-state index in [1.54, 1.807) is 0 Å². The second kappa shape index (κ2) is 8.27. The first-order chi connectivity index (χ1) is 12.1. The average molecular weight is 342 g/mol. The number of aromatic nitrogens is 1. The highest BCUT2D eigenvalue weighted by molar-refractivity contribution is 5.78. The van der Waals surface area contributed by atoms with Gasteiger partial charge in [0.15, 0.2) is 5.76 Å². The molecule has 1 aliphatic heterocycles. The topological polar surface area (TPSA) is 61.6 Å². The summed E-state index contributed by atoms with van der Waals surface area (Å²) in [6.45, 7) is 9.49. The van der Waals surface area contributed by atoms with Crippen molar-refractivity contribution in [3.05, 3.63) is 52.9 Å². The van der Waals surface area contributed by atoms with Gasteiger partial charge in [0.05, 0.1) is 18.8 Å². The summed E-state index contributed by atoms with van der Waals surface area (Å²) in [6.07, 6.45) is 0. The lowest BCUT2D eigenvalue weighted by atomic mass is 10.1. The van der Waals surface area contributed by atoms with Crippen molar-refractivity contribution in [1.82, 2.24) is 20.3 Å². The SMILES string of the molecule is Cc1cc(CN2CCN(CC(=O)NCc3ccccc3C)CC2)on1. The molecule has 0 radical (unpaired) electrons. The number of nitrogens with zero attached hydrogens (tertiary/aromatic N) is 3. The lowest BCUT2D eigenvalue weighted by Gasteiger charge is -2.33. The molecule has 1 aliphatic rings. The Kier molecular flexibility index (Phi) is 5.83. The molecule has 0 saturated carbocycles. The minimum Gasteiger partial charge on any atom is -0.360 e. The highest BCUT2D eigenvalue weighted by Gasteiger charge is 2.20. The number of aryl methyl sites for hydroxylation is 2. The van der Waals surface area contributed by atoms with Crippen molar-refractivity contribution in [3.8, 4) is 0 Å². The molecule has 2 heterocycles. The molecule has 1 aromatic carbocycles. The van der Waals surface area contributed by atoms with Gasteiger partial charge in [0.2, 0.25) is 5.91 Å². The van der Waals surface area contributed by atoms with Crippen LogP contribution in [0.5, 0.6) is 0 Å². The molecule has 6 heteroatoms. The van der Waals surface area contributed by atoms with Crippen molar-refractivity contribution in [2.75, 3.05) is 32.7 Å². The maximum atomic E-state index is 12.2. The molecule has 134 valence electrons. The molecule has 0 unspecified atom stereocenters. The monoisotopic (exact) mass is 342 g/mol. The smallest absolute Gasteiger partial charge is 0.234 e. The van der Waals surface area contributed by atoms with Crippen LogP contribution in [0.15, 0.2) is 34.9 Å². The normalized spacial score (nSPS) is 16.1. The van der Waals surface area contributed by atoms with E-state index in [9.17, 15) is 4.79 Å². The zero-order valence-electron chi connectivity index (χ0n) is 15.0. The molecular formula is C19H26N4O2. The first-order valence-corrected chi connectivity index (χ1v) is 8.78. The van der Waals surface area contributed by atoms with Gasteiger partial charge in [-0.3, -0.25) is 14.6 Å². The molecule has 3 rings (SSSR count). The summed E-state index contributed by atoms with van der Waals surface area (Å²) in [5.74, 6) is 0.990. The van der Waals surface area contributed by atoms with Crippen molar-refractivity contribution in [3.63, 3.8) is 0 Å². The first-order valence-electron chi connectivity index (χ1n) is 8.78. The molecule has 1 saturated heterocycles. The molecular weight excluding hydrogens is 316 g/mol.